The van der Waals surface area contributed by atoms with Gasteiger partial charge >= 0.3 is 0 Å². The Morgan fingerprint density at radius 3 is 2.84 bits per heavy atom. The molecule has 0 saturated heterocycles. The Hall–Kier alpha value is -1.62. The number of rotatable bonds is 3. The summed E-state index contributed by atoms with van der Waals surface area (Å²) in [6.45, 7) is 1.98. The van der Waals surface area contributed by atoms with Gasteiger partial charge in [-0.25, -0.2) is 0 Å². The molecule has 3 rings (SSSR count). The van der Waals surface area contributed by atoms with Crippen LogP contribution in [-0.2, 0) is 0 Å². The highest BCUT2D eigenvalue weighted by atomic mass is 79.9. The molecule has 19 heavy (non-hydrogen) atoms. The number of aryl methyl sites for hydroxylation is 1. The van der Waals surface area contributed by atoms with Crippen LogP contribution in [0.3, 0.4) is 0 Å². The fourth-order valence-electron chi connectivity index (χ4n) is 1.86. The van der Waals surface area contributed by atoms with Gasteiger partial charge in [0.15, 0.2) is 0 Å². The topological polar surface area (TPSA) is 55.0 Å². The Bertz CT molecular complexity index is 677. The molecule has 0 bridgehead atoms. The summed E-state index contributed by atoms with van der Waals surface area (Å²) in [7, 11) is 0. The molecule has 1 aliphatic carbocycles. The summed E-state index contributed by atoms with van der Waals surface area (Å²) in [6.07, 6.45) is 2.17. The minimum atomic E-state index is -0.166. The van der Waals surface area contributed by atoms with Gasteiger partial charge in [0, 0.05) is 10.4 Å². The molecule has 0 unspecified atom stereocenters. The Balaban J connectivity index is 1.89. The second-order valence-corrected chi connectivity index (χ2v) is 5.61. The molecule has 0 aliphatic heterocycles. The zero-order valence-electron chi connectivity index (χ0n) is 10.4. The van der Waals surface area contributed by atoms with E-state index in [9.17, 15) is 4.79 Å². The molecule has 98 valence electrons. The first-order valence-electron chi connectivity index (χ1n) is 6.17. The molecule has 1 fully saturated rings. The number of aromatic amines is 1. The van der Waals surface area contributed by atoms with E-state index in [1.807, 2.05) is 25.1 Å². The maximum atomic E-state index is 11.6. The average molecular weight is 321 g/mol. The lowest BCUT2D eigenvalue weighted by molar-refractivity contribution is 0.457. The van der Waals surface area contributed by atoms with Crippen molar-refractivity contribution in [3.8, 4) is 11.6 Å². The van der Waals surface area contributed by atoms with Gasteiger partial charge in [-0.2, -0.15) is 4.98 Å². The largest absolute Gasteiger partial charge is 0.439 e. The van der Waals surface area contributed by atoms with Crippen LogP contribution in [0.4, 0.5) is 0 Å². The summed E-state index contributed by atoms with van der Waals surface area (Å²) in [6, 6.07) is 7.05. The molecule has 1 aliphatic rings. The van der Waals surface area contributed by atoms with E-state index < -0.39 is 0 Å². The van der Waals surface area contributed by atoms with Crippen molar-refractivity contribution in [1.29, 1.82) is 0 Å². The third-order valence-electron chi connectivity index (χ3n) is 3.05. The van der Waals surface area contributed by atoms with Crippen LogP contribution in [0.5, 0.6) is 11.6 Å². The second kappa shape index (κ2) is 4.81. The lowest BCUT2D eigenvalue weighted by Crippen LogP contribution is -2.10. The number of halogens is 1. The Morgan fingerprint density at radius 1 is 1.37 bits per heavy atom. The molecule has 5 heteroatoms. The molecular weight excluding hydrogens is 308 g/mol. The Labute approximate surface area is 119 Å². The quantitative estimate of drug-likeness (QED) is 0.941. The fraction of sp³-hybridized carbons (Fsp3) is 0.286. The van der Waals surface area contributed by atoms with Gasteiger partial charge in [-0.15, -0.1) is 0 Å². The first kappa shape index (κ1) is 12.4. The summed E-state index contributed by atoms with van der Waals surface area (Å²) in [5, 5.41) is 0. The van der Waals surface area contributed by atoms with E-state index in [0.29, 0.717) is 17.5 Å². The predicted molar refractivity (Wildman–Crippen MR) is 75.8 cm³/mol. The lowest BCUT2D eigenvalue weighted by Gasteiger charge is -2.07. The average Bonchev–Trinajstić information content (AvgIpc) is 3.17. The molecule has 1 aromatic carbocycles. The molecule has 1 N–H and O–H groups in total. The zero-order chi connectivity index (χ0) is 13.4. The second-order valence-electron chi connectivity index (χ2n) is 4.76. The summed E-state index contributed by atoms with van der Waals surface area (Å²) in [4.78, 5) is 18.7. The molecule has 4 nitrogen and oxygen atoms in total. The van der Waals surface area contributed by atoms with Gasteiger partial charge < -0.3 is 9.72 Å². The van der Waals surface area contributed by atoms with Crippen molar-refractivity contribution in [2.75, 3.05) is 0 Å². The molecule has 0 atom stereocenters. The van der Waals surface area contributed by atoms with Crippen LogP contribution in [0.15, 0.2) is 33.5 Å². The van der Waals surface area contributed by atoms with E-state index in [1.54, 1.807) is 0 Å². The summed E-state index contributed by atoms with van der Waals surface area (Å²) < 4.78 is 6.69. The third-order valence-corrected chi connectivity index (χ3v) is 3.94. The number of hydrogen-bond acceptors (Lipinski definition) is 3. The molecule has 2 aromatic rings. The van der Waals surface area contributed by atoms with Crippen molar-refractivity contribution >= 4 is 15.9 Å². The molecular formula is C14H13BrN2O2. The summed E-state index contributed by atoms with van der Waals surface area (Å²) in [5.41, 5.74) is 0.908. The van der Waals surface area contributed by atoms with Crippen molar-refractivity contribution < 1.29 is 4.74 Å². The van der Waals surface area contributed by atoms with Crippen molar-refractivity contribution in [2.24, 2.45) is 0 Å². The highest BCUT2D eigenvalue weighted by Gasteiger charge is 2.26. The van der Waals surface area contributed by atoms with Gasteiger partial charge in [0.05, 0.1) is 6.07 Å². The smallest absolute Gasteiger partial charge is 0.254 e. The first-order valence-corrected chi connectivity index (χ1v) is 6.96. The number of nitrogens with zero attached hydrogens (tertiary/aromatic N) is 1. The van der Waals surface area contributed by atoms with Crippen LogP contribution in [0.2, 0.25) is 0 Å². The van der Waals surface area contributed by atoms with E-state index in [-0.39, 0.29) is 5.56 Å². The van der Waals surface area contributed by atoms with E-state index >= 15 is 0 Å². The number of ether oxygens (including phenoxy) is 1. The number of aromatic nitrogens is 2. The van der Waals surface area contributed by atoms with Gasteiger partial charge in [-0.1, -0.05) is 15.9 Å². The van der Waals surface area contributed by atoms with Gasteiger partial charge in [0.1, 0.15) is 11.6 Å². The molecule has 0 radical (unpaired) electrons. The van der Waals surface area contributed by atoms with E-state index in [4.69, 9.17) is 4.74 Å². The van der Waals surface area contributed by atoms with Gasteiger partial charge in [0.2, 0.25) is 5.88 Å². The van der Waals surface area contributed by atoms with Gasteiger partial charge in [0.25, 0.3) is 5.56 Å². The van der Waals surface area contributed by atoms with E-state index in [0.717, 1.165) is 28.7 Å². The van der Waals surface area contributed by atoms with Crippen LogP contribution in [0.25, 0.3) is 0 Å². The van der Waals surface area contributed by atoms with Crippen LogP contribution in [-0.4, -0.2) is 9.97 Å². The van der Waals surface area contributed by atoms with Crippen molar-refractivity contribution in [3.63, 3.8) is 0 Å². The van der Waals surface area contributed by atoms with E-state index in [2.05, 4.69) is 25.9 Å². The summed E-state index contributed by atoms with van der Waals surface area (Å²) >= 11 is 3.44. The van der Waals surface area contributed by atoms with Crippen molar-refractivity contribution in [3.05, 3.63) is 50.5 Å². The molecule has 1 aromatic heterocycles. The SMILES string of the molecule is Cc1cc(Oc2cc(=O)[nH]c(C3CC3)n2)ccc1Br. The summed E-state index contributed by atoms with van der Waals surface area (Å²) in [5.74, 6) is 2.16. The van der Waals surface area contributed by atoms with Gasteiger partial charge in [-0.05, 0) is 43.5 Å². The van der Waals surface area contributed by atoms with Gasteiger partial charge in [-0.3, -0.25) is 4.79 Å². The highest BCUT2D eigenvalue weighted by molar-refractivity contribution is 9.10. The number of nitrogens with one attached hydrogen (secondary N) is 1. The lowest BCUT2D eigenvalue weighted by atomic mass is 10.2. The van der Waals surface area contributed by atoms with Crippen LogP contribution < -0.4 is 10.3 Å². The minimum Gasteiger partial charge on any atom is -0.439 e. The monoisotopic (exact) mass is 320 g/mol. The van der Waals surface area contributed by atoms with Crippen molar-refractivity contribution in [1.82, 2.24) is 9.97 Å². The van der Waals surface area contributed by atoms with Crippen molar-refractivity contribution in [2.45, 2.75) is 25.7 Å². The third kappa shape index (κ3) is 2.87. The molecule has 1 heterocycles. The Morgan fingerprint density at radius 2 is 2.16 bits per heavy atom. The molecule has 1 saturated carbocycles. The van der Waals surface area contributed by atoms with Crippen LogP contribution in [0, 0.1) is 6.92 Å². The van der Waals surface area contributed by atoms with E-state index in [1.165, 1.54) is 6.07 Å². The fourth-order valence-corrected chi connectivity index (χ4v) is 2.10. The number of H-pyrrole nitrogens is 1. The maximum Gasteiger partial charge on any atom is 0.254 e. The zero-order valence-corrected chi connectivity index (χ0v) is 12.0. The van der Waals surface area contributed by atoms with Crippen LogP contribution in [0.1, 0.15) is 30.1 Å². The standard InChI is InChI=1S/C14H13BrN2O2/c1-8-6-10(4-5-11(8)15)19-13-7-12(18)16-14(17-13)9-2-3-9/h4-7,9H,2-3H2,1H3,(H,16,17,18). The Kier molecular flexibility index (Phi) is 3.14. The minimum absolute atomic E-state index is 0.166. The maximum absolute atomic E-state index is 11.6. The normalized spacial score (nSPS) is 14.4. The predicted octanol–water partition coefficient (Wildman–Crippen LogP) is 3.51. The number of hydrogen-bond donors (Lipinski definition) is 1. The first-order chi connectivity index (χ1) is 9.11. The molecule has 0 amide bonds. The molecule has 0 spiro atoms. The van der Waals surface area contributed by atoms with Crippen LogP contribution >= 0.6 is 15.9 Å². The number of benzene rings is 1. The highest BCUT2D eigenvalue weighted by Crippen LogP contribution is 2.38.